The second-order valence-corrected chi connectivity index (χ2v) is 5.82. The second kappa shape index (κ2) is 6.85. The first kappa shape index (κ1) is 15.0. The Hall–Kier alpha value is -1.40. The fourth-order valence-corrected chi connectivity index (χ4v) is 2.30. The van der Waals surface area contributed by atoms with Gasteiger partial charge in [0.15, 0.2) is 11.6 Å². The highest BCUT2D eigenvalue weighted by Gasteiger charge is 2.20. The summed E-state index contributed by atoms with van der Waals surface area (Å²) in [6, 6.07) is 7.69. The number of nitrogens with one attached hydrogen (secondary N) is 1. The fourth-order valence-electron chi connectivity index (χ4n) is 2.03. The number of carbonyl (C=O) groups excluding carboxylic acids is 1. The Morgan fingerprint density at radius 2 is 1.80 bits per heavy atom. The van der Waals surface area contributed by atoms with Crippen molar-refractivity contribution in [3.8, 4) is 0 Å². The van der Waals surface area contributed by atoms with Gasteiger partial charge in [0, 0.05) is 37.6 Å². The van der Waals surface area contributed by atoms with Gasteiger partial charge in [-0.15, -0.1) is 0 Å². The smallest absolute Gasteiger partial charge is 0.196 e. The Kier molecular flexibility index (Phi) is 5.14. The minimum atomic E-state index is -0.0147. The lowest BCUT2D eigenvalue weighted by atomic mass is 10.3. The average Bonchev–Trinajstić information content (AvgIpc) is 2.43. The van der Waals surface area contributed by atoms with Gasteiger partial charge in [-0.2, -0.15) is 5.10 Å². The van der Waals surface area contributed by atoms with E-state index < -0.39 is 0 Å². The van der Waals surface area contributed by atoms with Crippen LogP contribution in [0.2, 0.25) is 0 Å². The van der Waals surface area contributed by atoms with E-state index in [-0.39, 0.29) is 5.78 Å². The number of likely N-dealkylation sites (N-methyl/N-ethyl adjacent to an activating group) is 1. The van der Waals surface area contributed by atoms with Gasteiger partial charge in [-0.1, -0.05) is 15.9 Å². The number of hydrazone groups is 1. The molecule has 5 nitrogen and oxygen atoms in total. The van der Waals surface area contributed by atoms with Crippen LogP contribution in [0.1, 0.15) is 6.92 Å². The predicted octanol–water partition coefficient (Wildman–Crippen LogP) is 2.01. The molecule has 1 aliphatic rings. The van der Waals surface area contributed by atoms with Crippen molar-refractivity contribution in [2.75, 3.05) is 38.7 Å². The van der Waals surface area contributed by atoms with E-state index in [0.717, 1.165) is 36.3 Å². The number of anilines is 1. The minimum absolute atomic E-state index is 0.0147. The molecule has 1 N–H and O–H groups in total. The van der Waals surface area contributed by atoms with Crippen LogP contribution in [0.3, 0.4) is 0 Å². The molecule has 1 aromatic rings. The van der Waals surface area contributed by atoms with Crippen molar-refractivity contribution in [3.63, 3.8) is 0 Å². The third-order valence-electron chi connectivity index (χ3n) is 3.25. The first-order chi connectivity index (χ1) is 9.56. The van der Waals surface area contributed by atoms with Crippen molar-refractivity contribution < 1.29 is 4.79 Å². The van der Waals surface area contributed by atoms with Crippen LogP contribution in [0.15, 0.2) is 33.8 Å². The number of hydrogen-bond donors (Lipinski definition) is 1. The molecule has 0 atom stereocenters. The van der Waals surface area contributed by atoms with E-state index in [1.165, 1.54) is 0 Å². The number of benzene rings is 1. The molecule has 1 aliphatic heterocycles. The van der Waals surface area contributed by atoms with E-state index in [4.69, 9.17) is 0 Å². The van der Waals surface area contributed by atoms with E-state index >= 15 is 0 Å². The van der Waals surface area contributed by atoms with Gasteiger partial charge in [-0.3, -0.25) is 10.2 Å². The SMILES string of the molecule is CC(=O)/C(=N/Nc1ccc(Br)cc1)N1CCN(C)CC1. The van der Waals surface area contributed by atoms with Crippen molar-refractivity contribution >= 4 is 33.2 Å². The Morgan fingerprint density at radius 3 is 2.35 bits per heavy atom. The number of ketones is 1. The van der Waals surface area contributed by atoms with E-state index in [9.17, 15) is 4.79 Å². The van der Waals surface area contributed by atoms with Gasteiger partial charge in [-0.05, 0) is 31.3 Å². The number of amidine groups is 1. The van der Waals surface area contributed by atoms with Crippen LogP contribution in [0.5, 0.6) is 0 Å². The van der Waals surface area contributed by atoms with E-state index in [1.807, 2.05) is 29.2 Å². The van der Waals surface area contributed by atoms with Crippen LogP contribution in [0.25, 0.3) is 0 Å². The molecule has 108 valence electrons. The van der Waals surface area contributed by atoms with E-state index in [1.54, 1.807) is 6.92 Å². The third kappa shape index (κ3) is 4.05. The molecule has 0 spiro atoms. The highest BCUT2D eigenvalue weighted by atomic mass is 79.9. The summed E-state index contributed by atoms with van der Waals surface area (Å²) in [5.41, 5.74) is 3.81. The van der Waals surface area contributed by atoms with Gasteiger partial charge >= 0.3 is 0 Å². The maximum Gasteiger partial charge on any atom is 0.196 e. The number of Topliss-reactive ketones (excluding diaryl/α,β-unsaturated/α-hetero) is 1. The summed E-state index contributed by atoms with van der Waals surface area (Å²) in [4.78, 5) is 16.0. The predicted molar refractivity (Wildman–Crippen MR) is 85.0 cm³/mol. The Balaban J connectivity index is 2.06. The summed E-state index contributed by atoms with van der Waals surface area (Å²) in [7, 11) is 2.09. The molecule has 0 unspecified atom stereocenters. The lowest BCUT2D eigenvalue weighted by molar-refractivity contribution is -0.111. The van der Waals surface area contributed by atoms with Crippen LogP contribution >= 0.6 is 15.9 Å². The molecule has 0 aliphatic carbocycles. The summed E-state index contributed by atoms with van der Waals surface area (Å²) in [5.74, 6) is 0.486. The average molecular weight is 339 g/mol. The molecule has 2 rings (SSSR count). The number of piperazine rings is 1. The lowest BCUT2D eigenvalue weighted by Gasteiger charge is -2.33. The molecule has 0 saturated carbocycles. The van der Waals surface area contributed by atoms with E-state index in [0.29, 0.717) is 5.84 Å². The largest absolute Gasteiger partial charge is 0.350 e. The zero-order chi connectivity index (χ0) is 14.5. The number of hydrogen-bond acceptors (Lipinski definition) is 4. The molecule has 1 heterocycles. The number of rotatable bonds is 3. The van der Waals surface area contributed by atoms with Crippen molar-refractivity contribution in [2.45, 2.75) is 6.92 Å². The summed E-state index contributed by atoms with van der Waals surface area (Å²) < 4.78 is 1.01. The van der Waals surface area contributed by atoms with Crippen LogP contribution in [0, 0.1) is 0 Å². The van der Waals surface area contributed by atoms with Crippen LogP contribution < -0.4 is 5.43 Å². The first-order valence-electron chi connectivity index (χ1n) is 6.60. The zero-order valence-corrected chi connectivity index (χ0v) is 13.4. The van der Waals surface area contributed by atoms with Crippen molar-refractivity contribution in [1.82, 2.24) is 9.80 Å². The van der Waals surface area contributed by atoms with Crippen molar-refractivity contribution in [1.29, 1.82) is 0 Å². The molecule has 1 fully saturated rings. The maximum atomic E-state index is 11.8. The lowest BCUT2D eigenvalue weighted by Crippen LogP contribution is -2.49. The highest BCUT2D eigenvalue weighted by Crippen LogP contribution is 2.14. The Labute approximate surface area is 127 Å². The number of halogens is 1. The molecule has 0 amide bonds. The van der Waals surface area contributed by atoms with Gasteiger partial charge in [0.1, 0.15) is 0 Å². The molecule has 20 heavy (non-hydrogen) atoms. The van der Waals surface area contributed by atoms with Gasteiger partial charge < -0.3 is 9.80 Å². The summed E-state index contributed by atoms with van der Waals surface area (Å²) in [6.07, 6.45) is 0. The summed E-state index contributed by atoms with van der Waals surface area (Å²) >= 11 is 3.39. The maximum absolute atomic E-state index is 11.8. The fraction of sp³-hybridized carbons (Fsp3) is 0.429. The normalized spacial score (nSPS) is 17.1. The molecule has 0 radical (unpaired) electrons. The Bertz CT molecular complexity index is 492. The molecule has 0 bridgehead atoms. The summed E-state index contributed by atoms with van der Waals surface area (Å²) in [5, 5.41) is 4.28. The van der Waals surface area contributed by atoms with Crippen molar-refractivity contribution in [2.24, 2.45) is 5.10 Å². The van der Waals surface area contributed by atoms with Crippen LogP contribution in [-0.2, 0) is 4.79 Å². The van der Waals surface area contributed by atoms with Crippen molar-refractivity contribution in [3.05, 3.63) is 28.7 Å². The first-order valence-corrected chi connectivity index (χ1v) is 7.39. The molecular weight excluding hydrogens is 320 g/mol. The molecule has 0 aromatic heterocycles. The van der Waals surface area contributed by atoms with Gasteiger partial charge in [-0.25, -0.2) is 0 Å². The van der Waals surface area contributed by atoms with Gasteiger partial charge in [0.25, 0.3) is 0 Å². The quantitative estimate of drug-likeness (QED) is 0.520. The molecular formula is C14H19BrN4O. The number of nitrogens with zero attached hydrogens (tertiary/aromatic N) is 3. The Morgan fingerprint density at radius 1 is 1.20 bits per heavy atom. The van der Waals surface area contributed by atoms with Gasteiger partial charge in [0.2, 0.25) is 0 Å². The molecule has 6 heteroatoms. The number of carbonyl (C=O) groups is 1. The second-order valence-electron chi connectivity index (χ2n) is 4.90. The molecule has 1 saturated heterocycles. The van der Waals surface area contributed by atoms with Gasteiger partial charge in [0.05, 0.1) is 5.69 Å². The third-order valence-corrected chi connectivity index (χ3v) is 3.78. The molecule has 1 aromatic carbocycles. The van der Waals surface area contributed by atoms with Crippen LogP contribution in [0.4, 0.5) is 5.69 Å². The zero-order valence-electron chi connectivity index (χ0n) is 11.8. The standard InChI is InChI=1S/C14H19BrN4O/c1-11(20)14(19-9-7-18(2)8-10-19)17-16-13-5-3-12(15)4-6-13/h3-6,16H,7-10H2,1-2H3/b17-14-. The van der Waals surface area contributed by atoms with Crippen LogP contribution in [-0.4, -0.2) is 54.6 Å². The topological polar surface area (TPSA) is 47.9 Å². The minimum Gasteiger partial charge on any atom is -0.350 e. The summed E-state index contributed by atoms with van der Waals surface area (Å²) in [6.45, 7) is 5.11. The monoisotopic (exact) mass is 338 g/mol. The van der Waals surface area contributed by atoms with E-state index in [2.05, 4.69) is 38.4 Å². The highest BCUT2D eigenvalue weighted by molar-refractivity contribution is 9.10.